The molecule has 112 valence electrons. The third-order valence-corrected chi connectivity index (χ3v) is 4.16. The molecule has 0 unspecified atom stereocenters. The molecule has 0 bridgehead atoms. The van der Waals surface area contributed by atoms with Crippen molar-refractivity contribution in [2.24, 2.45) is 13.0 Å². The van der Waals surface area contributed by atoms with E-state index in [2.05, 4.69) is 22.4 Å². The number of aromatic nitrogens is 2. The maximum atomic E-state index is 12.1. The van der Waals surface area contributed by atoms with Crippen molar-refractivity contribution in [3.05, 3.63) is 11.4 Å². The number of hydrogen-bond donors (Lipinski definition) is 2. The standard InChI is InChI=1S/C14H25N5O/c1-10-12(15)13(19(3)17-10)14(20)16-7-4-11-5-8-18(2)9-6-11/h11H,4-9,15H2,1-3H3,(H,16,20). The molecule has 6 heteroatoms. The minimum atomic E-state index is -0.126. The van der Waals surface area contributed by atoms with Crippen LogP contribution in [-0.2, 0) is 7.05 Å². The van der Waals surface area contributed by atoms with Crippen LogP contribution in [0.3, 0.4) is 0 Å². The van der Waals surface area contributed by atoms with E-state index in [1.54, 1.807) is 11.7 Å². The molecule has 0 atom stereocenters. The zero-order valence-corrected chi connectivity index (χ0v) is 12.6. The van der Waals surface area contributed by atoms with Crippen LogP contribution >= 0.6 is 0 Å². The molecule has 0 aromatic carbocycles. The predicted molar refractivity (Wildman–Crippen MR) is 79.5 cm³/mol. The largest absolute Gasteiger partial charge is 0.395 e. The summed E-state index contributed by atoms with van der Waals surface area (Å²) < 4.78 is 1.55. The minimum Gasteiger partial charge on any atom is -0.395 e. The van der Waals surface area contributed by atoms with Gasteiger partial charge in [-0.1, -0.05) is 0 Å². The molecule has 6 nitrogen and oxygen atoms in total. The highest BCUT2D eigenvalue weighted by molar-refractivity contribution is 5.97. The summed E-state index contributed by atoms with van der Waals surface area (Å²) in [5, 5.41) is 7.12. The molecule has 1 aliphatic heterocycles. The Morgan fingerprint density at radius 1 is 1.40 bits per heavy atom. The molecule has 20 heavy (non-hydrogen) atoms. The van der Waals surface area contributed by atoms with Crippen molar-refractivity contribution in [3.63, 3.8) is 0 Å². The second-order valence-corrected chi connectivity index (χ2v) is 5.76. The Bertz CT molecular complexity index is 474. The van der Waals surface area contributed by atoms with Crippen molar-refractivity contribution in [1.29, 1.82) is 0 Å². The highest BCUT2D eigenvalue weighted by atomic mass is 16.2. The first-order chi connectivity index (χ1) is 9.49. The van der Waals surface area contributed by atoms with Crippen LogP contribution in [0.2, 0.25) is 0 Å². The number of carbonyl (C=O) groups is 1. The minimum absolute atomic E-state index is 0.126. The second kappa shape index (κ2) is 6.26. The van der Waals surface area contributed by atoms with E-state index in [4.69, 9.17) is 5.73 Å². The fraction of sp³-hybridized carbons (Fsp3) is 0.714. The first-order valence-electron chi connectivity index (χ1n) is 7.25. The molecular weight excluding hydrogens is 254 g/mol. The Balaban J connectivity index is 1.81. The zero-order chi connectivity index (χ0) is 14.7. The number of aryl methyl sites for hydroxylation is 2. The second-order valence-electron chi connectivity index (χ2n) is 5.76. The monoisotopic (exact) mass is 279 g/mol. The normalized spacial score (nSPS) is 17.4. The van der Waals surface area contributed by atoms with E-state index < -0.39 is 0 Å². The summed E-state index contributed by atoms with van der Waals surface area (Å²) in [6.45, 7) is 4.83. The molecule has 2 heterocycles. The van der Waals surface area contributed by atoms with Crippen LogP contribution in [-0.4, -0.2) is 47.3 Å². The first-order valence-corrected chi connectivity index (χ1v) is 7.25. The number of amides is 1. The van der Waals surface area contributed by atoms with Gasteiger partial charge in [-0.25, -0.2) is 0 Å². The zero-order valence-electron chi connectivity index (χ0n) is 12.6. The molecule has 0 saturated carbocycles. The van der Waals surface area contributed by atoms with Crippen LogP contribution in [0.25, 0.3) is 0 Å². The Morgan fingerprint density at radius 3 is 2.60 bits per heavy atom. The Hall–Kier alpha value is -1.56. The summed E-state index contributed by atoms with van der Waals surface area (Å²) in [5.74, 6) is 0.593. The van der Waals surface area contributed by atoms with E-state index in [9.17, 15) is 4.79 Å². The van der Waals surface area contributed by atoms with Crippen molar-refractivity contribution >= 4 is 11.6 Å². The molecule has 0 radical (unpaired) electrons. The van der Waals surface area contributed by atoms with Crippen molar-refractivity contribution in [2.45, 2.75) is 26.2 Å². The third-order valence-electron chi connectivity index (χ3n) is 4.16. The van der Waals surface area contributed by atoms with Gasteiger partial charge in [-0.15, -0.1) is 0 Å². The van der Waals surface area contributed by atoms with Gasteiger partial charge >= 0.3 is 0 Å². The number of likely N-dealkylation sites (tertiary alicyclic amines) is 1. The van der Waals surface area contributed by atoms with Gasteiger partial charge in [-0.2, -0.15) is 5.10 Å². The lowest BCUT2D eigenvalue weighted by Crippen LogP contribution is -2.33. The molecule has 0 spiro atoms. The summed E-state index contributed by atoms with van der Waals surface area (Å²) >= 11 is 0. The molecule has 1 aliphatic rings. The maximum absolute atomic E-state index is 12.1. The number of carbonyl (C=O) groups excluding carboxylic acids is 1. The quantitative estimate of drug-likeness (QED) is 0.853. The van der Waals surface area contributed by atoms with E-state index >= 15 is 0 Å². The fourth-order valence-electron chi connectivity index (χ4n) is 2.77. The Kier molecular flexibility index (Phi) is 4.65. The number of anilines is 1. The smallest absolute Gasteiger partial charge is 0.271 e. The van der Waals surface area contributed by atoms with Crippen LogP contribution in [0, 0.1) is 12.8 Å². The van der Waals surface area contributed by atoms with Crippen LogP contribution < -0.4 is 11.1 Å². The van der Waals surface area contributed by atoms with Gasteiger partial charge in [-0.3, -0.25) is 9.48 Å². The average Bonchev–Trinajstić information content (AvgIpc) is 2.65. The van der Waals surface area contributed by atoms with Crippen LogP contribution in [0.5, 0.6) is 0 Å². The van der Waals surface area contributed by atoms with Gasteiger partial charge in [-0.05, 0) is 52.2 Å². The van der Waals surface area contributed by atoms with Crippen LogP contribution in [0.4, 0.5) is 5.69 Å². The fourth-order valence-corrected chi connectivity index (χ4v) is 2.77. The number of piperidine rings is 1. The van der Waals surface area contributed by atoms with E-state index in [0.29, 0.717) is 23.6 Å². The summed E-state index contributed by atoms with van der Waals surface area (Å²) in [4.78, 5) is 14.5. The average molecular weight is 279 g/mol. The van der Waals surface area contributed by atoms with E-state index in [0.717, 1.165) is 25.4 Å². The summed E-state index contributed by atoms with van der Waals surface area (Å²) in [7, 11) is 3.90. The lowest BCUT2D eigenvalue weighted by molar-refractivity contribution is 0.0940. The number of nitrogens with zero attached hydrogens (tertiary/aromatic N) is 3. The van der Waals surface area contributed by atoms with Gasteiger partial charge in [0.1, 0.15) is 5.69 Å². The Morgan fingerprint density at radius 2 is 2.05 bits per heavy atom. The summed E-state index contributed by atoms with van der Waals surface area (Å²) in [5.41, 5.74) is 7.53. The van der Waals surface area contributed by atoms with E-state index in [-0.39, 0.29) is 5.91 Å². The SMILES string of the molecule is Cc1nn(C)c(C(=O)NCCC2CCN(C)CC2)c1N. The van der Waals surface area contributed by atoms with Gasteiger partial charge in [0.15, 0.2) is 0 Å². The molecule has 1 fully saturated rings. The lowest BCUT2D eigenvalue weighted by Gasteiger charge is -2.28. The summed E-state index contributed by atoms with van der Waals surface area (Å²) in [6, 6.07) is 0. The molecule has 3 N–H and O–H groups in total. The molecule has 0 aliphatic carbocycles. The van der Waals surface area contributed by atoms with Crippen molar-refractivity contribution < 1.29 is 4.79 Å². The van der Waals surface area contributed by atoms with Gasteiger partial charge in [0.2, 0.25) is 0 Å². The first kappa shape index (κ1) is 14.8. The number of hydrogen-bond acceptors (Lipinski definition) is 4. The van der Waals surface area contributed by atoms with Crippen LogP contribution in [0.15, 0.2) is 0 Å². The third kappa shape index (κ3) is 3.30. The molecule has 1 aromatic heterocycles. The molecular formula is C14H25N5O. The van der Waals surface area contributed by atoms with Gasteiger partial charge in [0.25, 0.3) is 5.91 Å². The number of nitrogens with two attached hydrogens (primary N) is 1. The van der Waals surface area contributed by atoms with Crippen molar-refractivity contribution in [2.75, 3.05) is 32.4 Å². The predicted octanol–water partition coefficient (Wildman–Crippen LogP) is 0.772. The molecule has 1 aromatic rings. The maximum Gasteiger partial charge on any atom is 0.271 e. The van der Waals surface area contributed by atoms with Crippen LogP contribution in [0.1, 0.15) is 35.4 Å². The van der Waals surface area contributed by atoms with Gasteiger partial charge in [0.05, 0.1) is 11.4 Å². The highest BCUT2D eigenvalue weighted by Gasteiger charge is 2.19. The van der Waals surface area contributed by atoms with E-state index in [1.807, 2.05) is 6.92 Å². The topological polar surface area (TPSA) is 76.2 Å². The van der Waals surface area contributed by atoms with Gasteiger partial charge in [0, 0.05) is 13.6 Å². The highest BCUT2D eigenvalue weighted by Crippen LogP contribution is 2.19. The van der Waals surface area contributed by atoms with E-state index in [1.165, 1.54) is 12.8 Å². The van der Waals surface area contributed by atoms with Gasteiger partial charge < -0.3 is 16.0 Å². The molecule has 2 rings (SSSR count). The van der Waals surface area contributed by atoms with Crippen molar-refractivity contribution in [3.8, 4) is 0 Å². The lowest BCUT2D eigenvalue weighted by atomic mass is 9.94. The summed E-state index contributed by atoms with van der Waals surface area (Å²) in [6.07, 6.45) is 3.48. The number of nitrogen functional groups attached to an aromatic ring is 1. The molecule has 1 saturated heterocycles. The van der Waals surface area contributed by atoms with Crippen molar-refractivity contribution in [1.82, 2.24) is 20.0 Å². The molecule has 1 amide bonds. The number of nitrogens with one attached hydrogen (secondary N) is 1. The number of rotatable bonds is 4. The Labute approximate surface area is 120 Å².